The smallest absolute Gasteiger partial charge is 0.399 e. The van der Waals surface area contributed by atoms with Gasteiger partial charge in [-0.25, -0.2) is 0 Å². The Labute approximate surface area is 238 Å². The van der Waals surface area contributed by atoms with Crippen LogP contribution in [0.5, 0.6) is 0 Å². The van der Waals surface area contributed by atoms with E-state index in [-0.39, 0.29) is 5.91 Å². The van der Waals surface area contributed by atoms with Crippen LogP contribution in [-0.4, -0.2) is 67.1 Å². The molecule has 3 aromatic rings. The number of anilines is 1. The predicted molar refractivity (Wildman–Crippen MR) is 153 cm³/mol. The number of alkyl halides is 3. The van der Waals surface area contributed by atoms with Crippen LogP contribution in [0.3, 0.4) is 0 Å². The molecule has 3 N–H and O–H groups in total. The van der Waals surface area contributed by atoms with Gasteiger partial charge < -0.3 is 16.0 Å². The fraction of sp³-hybridized carbons (Fsp3) is 0.375. The third-order valence-corrected chi connectivity index (χ3v) is 8.24. The van der Waals surface area contributed by atoms with Gasteiger partial charge >= 0.3 is 6.18 Å². The molecule has 1 aliphatic heterocycles. The summed E-state index contributed by atoms with van der Waals surface area (Å²) in [5.74, 6) is -0.514. The second-order valence-corrected chi connectivity index (χ2v) is 10.9. The van der Waals surface area contributed by atoms with Gasteiger partial charge in [-0.15, -0.1) is 0 Å². The van der Waals surface area contributed by atoms with Gasteiger partial charge in [0.1, 0.15) is 12.0 Å². The molecule has 9 heteroatoms. The highest BCUT2D eigenvalue weighted by atomic mass is 19.4. The molecule has 0 aromatic heterocycles. The summed E-state index contributed by atoms with van der Waals surface area (Å²) in [6.45, 7) is 2.26. The first-order chi connectivity index (χ1) is 19.7. The minimum absolute atomic E-state index is 0.0970. The van der Waals surface area contributed by atoms with Crippen molar-refractivity contribution in [1.29, 1.82) is 0 Å². The topological polar surface area (TPSA) is 78.7 Å². The number of hydrogen-bond donors (Lipinski definition) is 2. The van der Waals surface area contributed by atoms with Crippen LogP contribution in [0.25, 0.3) is 11.1 Å². The Kier molecular flexibility index (Phi) is 8.35. The highest BCUT2D eigenvalue weighted by molar-refractivity contribution is 6.00. The number of fused-ring (bicyclic) bond motifs is 3. The number of nitrogen functional groups attached to an aromatic ring is 1. The molecule has 2 amide bonds. The number of piperazine rings is 1. The molecule has 0 radical (unpaired) electrons. The summed E-state index contributed by atoms with van der Waals surface area (Å²) in [7, 11) is 0. The predicted octanol–water partition coefficient (Wildman–Crippen LogP) is 4.77. The van der Waals surface area contributed by atoms with Gasteiger partial charge in [-0.3, -0.25) is 14.5 Å². The number of nitrogens with two attached hydrogens (primary N) is 1. The maximum Gasteiger partial charge on any atom is 0.405 e. The standard InChI is InChI=1S/C32H35F3N4O2/c33-32(34,35)22-37-30(41)31(27-9-3-1-7-25(27)26-8-2-4-10-28(26)31)15-5-6-16-38-17-19-39(20-18-38)29(40)21-23-11-13-24(36)14-12-23/h1-4,7-14H,5-6,15-22,36H2,(H,37,41). The lowest BCUT2D eigenvalue weighted by molar-refractivity contribution is -0.141. The van der Waals surface area contributed by atoms with Crippen LogP contribution < -0.4 is 11.1 Å². The van der Waals surface area contributed by atoms with Gasteiger partial charge in [0.2, 0.25) is 11.8 Å². The quantitative estimate of drug-likeness (QED) is 0.290. The SMILES string of the molecule is Nc1ccc(CC(=O)N2CCN(CCCCC3(C(=O)NCC(F)(F)F)c4ccccc4-c4ccccc43)CC2)cc1. The number of nitrogens with zero attached hydrogens (tertiary/aromatic N) is 2. The Morgan fingerprint density at radius 3 is 2.00 bits per heavy atom. The van der Waals surface area contributed by atoms with Gasteiger partial charge in [-0.2, -0.15) is 13.2 Å². The van der Waals surface area contributed by atoms with Crippen molar-refractivity contribution >= 4 is 17.5 Å². The molecule has 1 fully saturated rings. The van der Waals surface area contributed by atoms with E-state index in [1.807, 2.05) is 65.6 Å². The second kappa shape index (κ2) is 11.9. The van der Waals surface area contributed by atoms with Gasteiger partial charge in [0, 0.05) is 31.9 Å². The minimum Gasteiger partial charge on any atom is -0.399 e. The van der Waals surface area contributed by atoms with Crippen molar-refractivity contribution in [2.75, 3.05) is 45.0 Å². The average Bonchev–Trinajstić information content (AvgIpc) is 3.26. The molecule has 0 unspecified atom stereocenters. The molecule has 5 rings (SSSR count). The Hall–Kier alpha value is -3.85. The van der Waals surface area contributed by atoms with Crippen molar-refractivity contribution in [2.24, 2.45) is 0 Å². The molecule has 216 valence electrons. The zero-order chi connectivity index (χ0) is 29.0. The Balaban J connectivity index is 1.20. The van der Waals surface area contributed by atoms with Crippen LogP contribution >= 0.6 is 0 Å². The summed E-state index contributed by atoms with van der Waals surface area (Å²) in [6.07, 6.45) is -2.28. The lowest BCUT2D eigenvalue weighted by Gasteiger charge is -2.35. The summed E-state index contributed by atoms with van der Waals surface area (Å²) in [6, 6.07) is 22.4. The summed E-state index contributed by atoms with van der Waals surface area (Å²) >= 11 is 0. The number of carbonyl (C=O) groups is 2. The number of hydrogen-bond acceptors (Lipinski definition) is 4. The maximum absolute atomic E-state index is 13.6. The van der Waals surface area contributed by atoms with E-state index in [9.17, 15) is 22.8 Å². The summed E-state index contributed by atoms with van der Waals surface area (Å²) in [5.41, 5.74) is 9.47. The third-order valence-electron chi connectivity index (χ3n) is 8.24. The van der Waals surface area contributed by atoms with E-state index in [1.54, 1.807) is 12.1 Å². The van der Waals surface area contributed by atoms with E-state index in [1.165, 1.54) is 0 Å². The molecule has 6 nitrogen and oxygen atoms in total. The van der Waals surface area contributed by atoms with Crippen molar-refractivity contribution in [3.05, 3.63) is 89.5 Å². The molecular formula is C32H35F3N4O2. The maximum atomic E-state index is 13.6. The van der Waals surface area contributed by atoms with Crippen molar-refractivity contribution in [3.8, 4) is 11.1 Å². The zero-order valence-corrected chi connectivity index (χ0v) is 22.9. The van der Waals surface area contributed by atoms with Gasteiger partial charge in [0.15, 0.2) is 0 Å². The summed E-state index contributed by atoms with van der Waals surface area (Å²) < 4.78 is 39.3. The van der Waals surface area contributed by atoms with Gasteiger partial charge in [0.05, 0.1) is 6.42 Å². The van der Waals surface area contributed by atoms with Crippen LogP contribution in [0.1, 0.15) is 36.0 Å². The largest absolute Gasteiger partial charge is 0.405 e. The van der Waals surface area contributed by atoms with Crippen molar-refractivity contribution in [1.82, 2.24) is 15.1 Å². The molecular weight excluding hydrogens is 529 g/mol. The molecule has 41 heavy (non-hydrogen) atoms. The third kappa shape index (κ3) is 6.25. The summed E-state index contributed by atoms with van der Waals surface area (Å²) in [5, 5.41) is 2.19. The number of halogens is 3. The van der Waals surface area contributed by atoms with Crippen molar-refractivity contribution < 1.29 is 22.8 Å². The molecule has 0 atom stereocenters. The molecule has 1 saturated heterocycles. The van der Waals surface area contributed by atoms with Crippen molar-refractivity contribution in [3.63, 3.8) is 0 Å². The van der Waals surface area contributed by atoms with Crippen LogP contribution in [-0.2, 0) is 21.4 Å². The van der Waals surface area contributed by atoms with E-state index >= 15 is 0 Å². The van der Waals surface area contributed by atoms with E-state index in [4.69, 9.17) is 5.73 Å². The van der Waals surface area contributed by atoms with E-state index in [0.29, 0.717) is 38.0 Å². The van der Waals surface area contributed by atoms with Crippen LogP contribution in [0, 0.1) is 0 Å². The first kappa shape index (κ1) is 28.7. The molecule has 1 aliphatic carbocycles. The van der Waals surface area contributed by atoms with E-state index in [2.05, 4.69) is 10.2 Å². The van der Waals surface area contributed by atoms with E-state index in [0.717, 1.165) is 53.9 Å². The second-order valence-electron chi connectivity index (χ2n) is 10.9. The van der Waals surface area contributed by atoms with Gasteiger partial charge in [-0.05, 0) is 59.3 Å². The molecule has 2 aliphatic rings. The first-order valence-electron chi connectivity index (χ1n) is 14.1. The van der Waals surface area contributed by atoms with E-state index < -0.39 is 24.0 Å². The van der Waals surface area contributed by atoms with Crippen LogP contribution in [0.4, 0.5) is 18.9 Å². The number of rotatable bonds is 9. The average molecular weight is 565 g/mol. The molecule has 3 aromatic carbocycles. The van der Waals surface area contributed by atoms with Gasteiger partial charge in [-0.1, -0.05) is 67.1 Å². The van der Waals surface area contributed by atoms with Gasteiger partial charge in [0.25, 0.3) is 0 Å². The molecule has 1 heterocycles. The Morgan fingerprint density at radius 2 is 1.41 bits per heavy atom. The zero-order valence-electron chi connectivity index (χ0n) is 22.9. The monoisotopic (exact) mass is 564 g/mol. The highest BCUT2D eigenvalue weighted by Crippen LogP contribution is 2.51. The number of amides is 2. The minimum atomic E-state index is -4.49. The normalized spacial score (nSPS) is 16.2. The fourth-order valence-electron chi connectivity index (χ4n) is 6.15. The first-order valence-corrected chi connectivity index (χ1v) is 14.1. The van der Waals surface area contributed by atoms with Crippen LogP contribution in [0.2, 0.25) is 0 Å². The van der Waals surface area contributed by atoms with Crippen LogP contribution in [0.15, 0.2) is 72.8 Å². The number of carbonyl (C=O) groups excluding carboxylic acids is 2. The molecule has 0 bridgehead atoms. The Morgan fingerprint density at radius 1 is 0.829 bits per heavy atom. The number of nitrogens with one attached hydrogen (secondary N) is 1. The number of benzene rings is 3. The highest BCUT2D eigenvalue weighted by Gasteiger charge is 2.49. The molecule has 0 saturated carbocycles. The molecule has 0 spiro atoms. The lowest BCUT2D eigenvalue weighted by atomic mass is 9.73. The number of unbranched alkanes of at least 4 members (excludes halogenated alkanes) is 1. The van der Waals surface area contributed by atoms with Crippen molar-refractivity contribution in [2.45, 2.75) is 37.3 Å². The fourth-order valence-corrected chi connectivity index (χ4v) is 6.15. The Bertz CT molecular complexity index is 1340. The summed E-state index contributed by atoms with van der Waals surface area (Å²) in [4.78, 5) is 30.6. The lowest BCUT2D eigenvalue weighted by Crippen LogP contribution is -2.49.